The van der Waals surface area contributed by atoms with Gasteiger partial charge < -0.3 is 24.4 Å². The van der Waals surface area contributed by atoms with Gasteiger partial charge in [0, 0.05) is 11.1 Å². The Hall–Kier alpha value is -3.22. The summed E-state index contributed by atoms with van der Waals surface area (Å²) in [5.41, 5.74) is 2.52. The first-order valence-corrected chi connectivity index (χ1v) is 8.16. The Morgan fingerprint density at radius 2 is 1.85 bits per heavy atom. The lowest BCUT2D eigenvalue weighted by Gasteiger charge is -2.14. The van der Waals surface area contributed by atoms with E-state index in [9.17, 15) is 5.21 Å². The number of rotatable bonds is 6. The van der Waals surface area contributed by atoms with Crippen LogP contribution in [0.25, 0.3) is 5.57 Å². The molecule has 7 heteroatoms. The molecular formula is C19H21N3O4. The minimum atomic E-state index is 0.323. The Bertz CT molecular complexity index is 856. The topological polar surface area (TPSA) is 89.0 Å². The smallest absolute Gasteiger partial charge is 0.203 e. The lowest BCUT2D eigenvalue weighted by Crippen LogP contribution is -2.06. The van der Waals surface area contributed by atoms with Gasteiger partial charge in [0.15, 0.2) is 11.5 Å². The van der Waals surface area contributed by atoms with E-state index in [1.165, 1.54) is 21.3 Å². The van der Waals surface area contributed by atoms with Crippen molar-refractivity contribution < 1.29 is 19.4 Å². The van der Waals surface area contributed by atoms with Gasteiger partial charge in [-0.15, -0.1) is 0 Å². The Balaban J connectivity index is 2.01. The van der Waals surface area contributed by atoms with Gasteiger partial charge in [-0.05, 0) is 25.0 Å². The molecule has 0 fully saturated rings. The molecular weight excluding hydrogens is 334 g/mol. The molecule has 1 aliphatic carbocycles. The molecule has 0 unspecified atom stereocenters. The van der Waals surface area contributed by atoms with E-state index in [1.807, 2.05) is 6.08 Å². The van der Waals surface area contributed by atoms with Crippen molar-refractivity contribution in [2.45, 2.75) is 12.8 Å². The number of nitrogens with zero attached hydrogens (tertiary/aromatic N) is 2. The van der Waals surface area contributed by atoms with Crippen LogP contribution in [0.3, 0.4) is 0 Å². The van der Waals surface area contributed by atoms with Crippen LogP contribution in [0.5, 0.6) is 17.2 Å². The highest BCUT2D eigenvalue weighted by molar-refractivity contribution is 6.12. The van der Waals surface area contributed by atoms with Crippen LogP contribution in [-0.2, 0) is 0 Å². The summed E-state index contributed by atoms with van der Waals surface area (Å²) in [4.78, 5) is 7.60. The summed E-state index contributed by atoms with van der Waals surface area (Å²) in [5.74, 6) is 2.14. The number of oxime groups is 1. The van der Waals surface area contributed by atoms with Crippen LogP contribution < -0.4 is 14.2 Å². The van der Waals surface area contributed by atoms with Gasteiger partial charge in [0.05, 0.1) is 33.2 Å². The van der Waals surface area contributed by atoms with Crippen molar-refractivity contribution >= 4 is 11.3 Å². The van der Waals surface area contributed by atoms with Crippen molar-refractivity contribution in [1.29, 1.82) is 0 Å². The van der Waals surface area contributed by atoms with Crippen LogP contribution in [-0.4, -0.2) is 42.2 Å². The summed E-state index contributed by atoms with van der Waals surface area (Å²) in [5, 5.41) is 13.1. The molecule has 2 N–H and O–H groups in total. The van der Waals surface area contributed by atoms with Crippen molar-refractivity contribution in [2.75, 3.05) is 21.3 Å². The monoisotopic (exact) mass is 355 g/mol. The SMILES string of the molecule is COc1cc(C(=NO)c2cnc(C3=CCCC=C3)[nH]2)cc(OC)c1OC. The van der Waals surface area contributed by atoms with E-state index in [-0.39, 0.29) is 0 Å². The van der Waals surface area contributed by atoms with Gasteiger partial charge in [-0.3, -0.25) is 0 Å². The fraction of sp³-hybridized carbons (Fsp3) is 0.263. The predicted molar refractivity (Wildman–Crippen MR) is 98.5 cm³/mol. The minimum Gasteiger partial charge on any atom is -0.493 e. The van der Waals surface area contributed by atoms with Crippen LogP contribution >= 0.6 is 0 Å². The van der Waals surface area contributed by atoms with Crippen LogP contribution in [0.1, 0.15) is 29.9 Å². The number of allylic oxidation sites excluding steroid dienone is 4. The summed E-state index contributed by atoms with van der Waals surface area (Å²) in [6.07, 6.45) is 9.91. The maximum atomic E-state index is 9.60. The van der Waals surface area contributed by atoms with E-state index in [1.54, 1.807) is 18.3 Å². The first-order valence-electron chi connectivity index (χ1n) is 8.16. The number of ether oxygens (including phenoxy) is 3. The normalized spacial score (nSPS) is 14.1. The molecule has 0 spiro atoms. The fourth-order valence-electron chi connectivity index (χ4n) is 2.86. The highest BCUT2D eigenvalue weighted by Gasteiger charge is 2.19. The molecule has 26 heavy (non-hydrogen) atoms. The van der Waals surface area contributed by atoms with Gasteiger partial charge >= 0.3 is 0 Å². The number of methoxy groups -OCH3 is 3. The lowest BCUT2D eigenvalue weighted by atomic mass is 10.1. The highest BCUT2D eigenvalue weighted by Crippen LogP contribution is 2.38. The molecule has 1 aromatic carbocycles. The molecule has 0 bridgehead atoms. The molecule has 2 aromatic rings. The lowest BCUT2D eigenvalue weighted by molar-refractivity contribution is 0.318. The Morgan fingerprint density at radius 1 is 1.12 bits per heavy atom. The number of aromatic nitrogens is 2. The summed E-state index contributed by atoms with van der Waals surface area (Å²) in [6, 6.07) is 3.44. The highest BCUT2D eigenvalue weighted by atomic mass is 16.5. The van der Waals surface area contributed by atoms with E-state index < -0.39 is 0 Å². The quantitative estimate of drug-likeness (QED) is 0.471. The van der Waals surface area contributed by atoms with Gasteiger partial charge in [0.1, 0.15) is 11.5 Å². The van der Waals surface area contributed by atoms with Crippen LogP contribution in [0.4, 0.5) is 0 Å². The first kappa shape index (κ1) is 17.6. The second kappa shape index (κ2) is 7.77. The molecule has 7 nitrogen and oxygen atoms in total. The van der Waals surface area contributed by atoms with Gasteiger partial charge in [-0.25, -0.2) is 4.98 Å². The van der Waals surface area contributed by atoms with Crippen molar-refractivity contribution in [2.24, 2.45) is 5.16 Å². The largest absolute Gasteiger partial charge is 0.493 e. The molecule has 0 saturated carbocycles. The van der Waals surface area contributed by atoms with Crippen molar-refractivity contribution in [3.8, 4) is 17.2 Å². The summed E-state index contributed by atoms with van der Waals surface area (Å²) < 4.78 is 16.1. The van der Waals surface area contributed by atoms with Crippen LogP contribution in [0.15, 0.2) is 41.7 Å². The van der Waals surface area contributed by atoms with Gasteiger partial charge in [0.2, 0.25) is 5.75 Å². The molecule has 1 heterocycles. The van der Waals surface area contributed by atoms with Crippen LogP contribution in [0, 0.1) is 0 Å². The zero-order chi connectivity index (χ0) is 18.5. The Labute approximate surface area is 151 Å². The Kier molecular flexibility index (Phi) is 5.26. The van der Waals surface area contributed by atoms with Crippen molar-refractivity contribution in [3.05, 3.63) is 53.6 Å². The minimum absolute atomic E-state index is 0.323. The van der Waals surface area contributed by atoms with Crippen molar-refractivity contribution in [1.82, 2.24) is 9.97 Å². The predicted octanol–water partition coefficient (Wildman–Crippen LogP) is 3.40. The maximum Gasteiger partial charge on any atom is 0.203 e. The van der Waals surface area contributed by atoms with E-state index >= 15 is 0 Å². The number of hydrogen-bond acceptors (Lipinski definition) is 6. The number of H-pyrrole nitrogens is 1. The molecule has 0 saturated heterocycles. The van der Waals surface area contributed by atoms with E-state index in [2.05, 4.69) is 27.3 Å². The first-order chi connectivity index (χ1) is 12.7. The van der Waals surface area contributed by atoms with Gasteiger partial charge in [-0.2, -0.15) is 0 Å². The van der Waals surface area contributed by atoms with Gasteiger partial charge in [0.25, 0.3) is 0 Å². The third-order valence-electron chi connectivity index (χ3n) is 4.14. The standard InChI is InChI=1S/C19H21N3O4/c1-24-15-9-13(10-16(25-2)18(15)26-3)17(22-23)14-11-20-19(21-14)12-7-5-4-6-8-12/h5,7-11,23H,4,6H2,1-3H3,(H,20,21). The molecule has 1 aromatic heterocycles. The number of hydrogen-bond donors (Lipinski definition) is 2. The van der Waals surface area contributed by atoms with E-state index in [4.69, 9.17) is 14.2 Å². The third-order valence-corrected chi connectivity index (χ3v) is 4.14. The summed E-state index contributed by atoms with van der Waals surface area (Å²) in [7, 11) is 4.60. The summed E-state index contributed by atoms with van der Waals surface area (Å²) in [6.45, 7) is 0. The average molecular weight is 355 g/mol. The maximum absolute atomic E-state index is 9.60. The third kappa shape index (κ3) is 3.28. The number of aromatic amines is 1. The van der Waals surface area contributed by atoms with Gasteiger partial charge in [-0.1, -0.05) is 23.4 Å². The summed E-state index contributed by atoms with van der Waals surface area (Å²) >= 11 is 0. The molecule has 3 rings (SSSR count). The molecule has 0 radical (unpaired) electrons. The number of nitrogens with one attached hydrogen (secondary N) is 1. The Morgan fingerprint density at radius 3 is 2.38 bits per heavy atom. The average Bonchev–Trinajstić information content (AvgIpc) is 3.18. The zero-order valence-corrected chi connectivity index (χ0v) is 14.9. The number of imidazole rings is 1. The zero-order valence-electron chi connectivity index (χ0n) is 14.9. The van der Waals surface area contributed by atoms with E-state index in [0.29, 0.717) is 34.2 Å². The second-order valence-corrected chi connectivity index (χ2v) is 5.65. The van der Waals surface area contributed by atoms with Crippen LogP contribution in [0.2, 0.25) is 0 Å². The molecule has 0 atom stereocenters. The molecule has 0 amide bonds. The van der Waals surface area contributed by atoms with Crippen molar-refractivity contribution in [3.63, 3.8) is 0 Å². The number of benzene rings is 1. The second-order valence-electron chi connectivity index (χ2n) is 5.65. The molecule has 136 valence electrons. The molecule has 1 aliphatic rings. The van der Waals surface area contributed by atoms with E-state index in [0.717, 1.165) is 24.2 Å². The molecule has 0 aliphatic heterocycles. The fourth-order valence-corrected chi connectivity index (χ4v) is 2.86.